The monoisotopic (exact) mass is 419 g/mol. The number of hydrogen-bond acceptors (Lipinski definition) is 3. The molecule has 162 valence electrons. The van der Waals surface area contributed by atoms with E-state index in [9.17, 15) is 9.59 Å². The molecule has 31 heavy (non-hydrogen) atoms. The lowest BCUT2D eigenvalue weighted by Gasteiger charge is -2.09. The Bertz CT molecular complexity index is 1430. The molecule has 0 amide bonds. The van der Waals surface area contributed by atoms with Crippen LogP contribution in [0.4, 0.5) is 0 Å². The van der Waals surface area contributed by atoms with E-state index in [0.29, 0.717) is 16.9 Å². The minimum Gasteiger partial charge on any atom is -0.283 e. The van der Waals surface area contributed by atoms with E-state index in [1.54, 1.807) is 14.0 Å². The molecule has 0 saturated carbocycles. The standard InChI is InChI=1S/C24H29N5O2/c1-7-8-9-18-10-12-19(13-11-18)28-16(4)17(5)29-20-21(25-23(28)29)26(6)24(31)27(22(20)30)14-15(2)3/h10-13H,2,7-9,14H2,1,3-6H3. The maximum atomic E-state index is 13.3. The molecule has 0 fully saturated rings. The fourth-order valence-corrected chi connectivity index (χ4v) is 4.16. The highest BCUT2D eigenvalue weighted by molar-refractivity contribution is 5.77. The van der Waals surface area contributed by atoms with Crippen molar-refractivity contribution < 1.29 is 0 Å². The van der Waals surface area contributed by atoms with Crippen molar-refractivity contribution in [1.29, 1.82) is 0 Å². The van der Waals surface area contributed by atoms with Crippen LogP contribution in [0.5, 0.6) is 0 Å². The molecule has 3 heterocycles. The Morgan fingerprint density at radius 3 is 2.39 bits per heavy atom. The number of nitrogens with zero attached hydrogens (tertiary/aromatic N) is 5. The molecule has 0 bridgehead atoms. The zero-order valence-corrected chi connectivity index (χ0v) is 18.9. The second kappa shape index (κ2) is 7.72. The van der Waals surface area contributed by atoms with Crippen molar-refractivity contribution in [3.8, 4) is 5.69 Å². The lowest BCUT2D eigenvalue weighted by atomic mass is 10.1. The van der Waals surface area contributed by atoms with Gasteiger partial charge in [0.15, 0.2) is 11.2 Å². The van der Waals surface area contributed by atoms with Gasteiger partial charge in [-0.3, -0.25) is 22.9 Å². The van der Waals surface area contributed by atoms with Crippen LogP contribution in [0.3, 0.4) is 0 Å². The first-order valence-electron chi connectivity index (χ1n) is 10.7. The second-order valence-corrected chi connectivity index (χ2v) is 8.39. The van der Waals surface area contributed by atoms with Crippen molar-refractivity contribution in [2.45, 2.75) is 53.5 Å². The fraction of sp³-hybridized carbons (Fsp3) is 0.375. The van der Waals surface area contributed by atoms with Gasteiger partial charge in [0.1, 0.15) is 0 Å². The van der Waals surface area contributed by atoms with Gasteiger partial charge >= 0.3 is 5.69 Å². The molecule has 4 rings (SSSR count). The number of aryl methyl sites for hydroxylation is 3. The van der Waals surface area contributed by atoms with E-state index in [1.165, 1.54) is 27.5 Å². The molecular formula is C24H29N5O2. The van der Waals surface area contributed by atoms with Gasteiger partial charge in [-0.2, -0.15) is 4.98 Å². The van der Waals surface area contributed by atoms with Crippen molar-refractivity contribution in [2.75, 3.05) is 0 Å². The van der Waals surface area contributed by atoms with Crippen molar-refractivity contribution >= 4 is 16.9 Å². The molecule has 0 atom stereocenters. The van der Waals surface area contributed by atoms with E-state index >= 15 is 0 Å². The molecule has 0 aliphatic carbocycles. The molecule has 0 aliphatic heterocycles. The van der Waals surface area contributed by atoms with Crippen LogP contribution in [0.15, 0.2) is 46.0 Å². The van der Waals surface area contributed by atoms with E-state index in [2.05, 4.69) is 37.8 Å². The van der Waals surface area contributed by atoms with Crippen molar-refractivity contribution in [1.82, 2.24) is 23.1 Å². The summed E-state index contributed by atoms with van der Waals surface area (Å²) in [6.45, 7) is 12.0. The zero-order chi connectivity index (χ0) is 22.4. The van der Waals surface area contributed by atoms with Crippen molar-refractivity contribution in [3.63, 3.8) is 0 Å². The van der Waals surface area contributed by atoms with Gasteiger partial charge < -0.3 is 0 Å². The van der Waals surface area contributed by atoms with Gasteiger partial charge in [0.25, 0.3) is 5.56 Å². The Balaban J connectivity index is 2.01. The molecule has 1 aromatic carbocycles. The SMILES string of the molecule is C=C(C)Cn1c(=O)c2c(nc3n(-c4ccc(CCCC)cc4)c(C)c(C)n23)n(C)c1=O. The third-order valence-electron chi connectivity index (χ3n) is 5.96. The lowest BCUT2D eigenvalue weighted by molar-refractivity contribution is 0.651. The van der Waals surface area contributed by atoms with Gasteiger partial charge in [-0.1, -0.05) is 37.6 Å². The van der Waals surface area contributed by atoms with Crippen LogP contribution >= 0.6 is 0 Å². The minimum absolute atomic E-state index is 0.187. The molecule has 7 nitrogen and oxygen atoms in total. The summed E-state index contributed by atoms with van der Waals surface area (Å²) in [5, 5.41) is 0. The number of aromatic nitrogens is 5. The summed E-state index contributed by atoms with van der Waals surface area (Å²) in [5.41, 5.74) is 5.03. The lowest BCUT2D eigenvalue weighted by Crippen LogP contribution is -2.39. The van der Waals surface area contributed by atoms with Gasteiger partial charge in [0, 0.05) is 24.1 Å². The van der Waals surface area contributed by atoms with E-state index in [0.717, 1.165) is 29.1 Å². The molecule has 4 aromatic rings. The number of allylic oxidation sites excluding steroid dienone is 1. The molecule has 0 aliphatic rings. The Hall–Kier alpha value is -3.35. The van der Waals surface area contributed by atoms with Crippen molar-refractivity contribution in [3.05, 3.63) is 74.2 Å². The smallest absolute Gasteiger partial charge is 0.283 e. The van der Waals surface area contributed by atoms with Crippen molar-refractivity contribution in [2.24, 2.45) is 7.05 Å². The predicted octanol–water partition coefficient (Wildman–Crippen LogP) is 3.67. The predicted molar refractivity (Wildman–Crippen MR) is 124 cm³/mol. The molecule has 0 saturated heterocycles. The third-order valence-corrected chi connectivity index (χ3v) is 5.96. The van der Waals surface area contributed by atoms with E-state index in [1.807, 2.05) is 22.8 Å². The average Bonchev–Trinajstić information content (AvgIpc) is 3.24. The fourth-order valence-electron chi connectivity index (χ4n) is 4.16. The summed E-state index contributed by atoms with van der Waals surface area (Å²) in [7, 11) is 1.65. The molecule has 0 spiro atoms. The molecule has 0 radical (unpaired) electrons. The highest BCUT2D eigenvalue weighted by Gasteiger charge is 2.23. The summed E-state index contributed by atoms with van der Waals surface area (Å²) >= 11 is 0. The van der Waals surface area contributed by atoms with Crippen LogP contribution in [-0.2, 0) is 20.0 Å². The summed E-state index contributed by atoms with van der Waals surface area (Å²) in [6.07, 6.45) is 3.40. The van der Waals surface area contributed by atoms with Gasteiger partial charge in [0.05, 0.1) is 6.54 Å². The Morgan fingerprint density at radius 1 is 1.10 bits per heavy atom. The summed E-state index contributed by atoms with van der Waals surface area (Å²) < 4.78 is 6.59. The maximum Gasteiger partial charge on any atom is 0.332 e. The van der Waals surface area contributed by atoms with E-state index < -0.39 is 0 Å². The Kier molecular flexibility index (Phi) is 5.21. The number of fused-ring (bicyclic) bond motifs is 3. The highest BCUT2D eigenvalue weighted by Crippen LogP contribution is 2.25. The molecule has 0 N–H and O–H groups in total. The van der Waals surface area contributed by atoms with E-state index in [-0.39, 0.29) is 17.8 Å². The van der Waals surface area contributed by atoms with Crippen LogP contribution in [0.2, 0.25) is 0 Å². The first kappa shape index (κ1) is 20.9. The number of imidazole rings is 2. The van der Waals surface area contributed by atoms with Gasteiger partial charge in [-0.15, -0.1) is 0 Å². The average molecular weight is 420 g/mol. The first-order chi connectivity index (χ1) is 14.8. The summed E-state index contributed by atoms with van der Waals surface area (Å²) in [4.78, 5) is 30.8. The topological polar surface area (TPSA) is 66.2 Å². The van der Waals surface area contributed by atoms with Gasteiger partial charge in [0.2, 0.25) is 5.78 Å². The first-order valence-corrected chi connectivity index (χ1v) is 10.7. The maximum absolute atomic E-state index is 13.3. The molecule has 0 unspecified atom stereocenters. The number of rotatable bonds is 6. The highest BCUT2D eigenvalue weighted by atomic mass is 16.2. The second-order valence-electron chi connectivity index (χ2n) is 8.39. The minimum atomic E-state index is -0.387. The van der Waals surface area contributed by atoms with Crippen LogP contribution < -0.4 is 11.2 Å². The van der Waals surface area contributed by atoms with Crippen LogP contribution in [0.25, 0.3) is 22.6 Å². The molecular weight excluding hydrogens is 390 g/mol. The van der Waals surface area contributed by atoms with Gasteiger partial charge in [-0.05, 0) is 51.3 Å². The summed E-state index contributed by atoms with van der Waals surface area (Å²) in [5.74, 6) is 0.631. The van der Waals surface area contributed by atoms with Crippen LogP contribution in [0.1, 0.15) is 43.6 Å². The largest absolute Gasteiger partial charge is 0.332 e. The number of benzene rings is 1. The summed E-state index contributed by atoms with van der Waals surface area (Å²) in [6, 6.07) is 8.48. The quantitative estimate of drug-likeness (QED) is 0.448. The molecule has 3 aromatic heterocycles. The zero-order valence-electron chi connectivity index (χ0n) is 18.9. The third kappa shape index (κ3) is 3.24. The Morgan fingerprint density at radius 2 is 1.77 bits per heavy atom. The molecule has 7 heteroatoms. The van der Waals surface area contributed by atoms with Crippen LogP contribution in [0, 0.1) is 13.8 Å². The Labute approximate surface area is 180 Å². The van der Waals surface area contributed by atoms with E-state index in [4.69, 9.17) is 4.98 Å². The number of hydrogen-bond donors (Lipinski definition) is 0. The van der Waals surface area contributed by atoms with Crippen LogP contribution in [-0.4, -0.2) is 23.1 Å². The normalized spacial score (nSPS) is 11.6. The van der Waals surface area contributed by atoms with Gasteiger partial charge in [-0.25, -0.2) is 4.79 Å². The number of unbranched alkanes of at least 4 members (excludes halogenated alkanes) is 1.